The Morgan fingerprint density at radius 1 is 0.371 bits per heavy atom. The molecule has 5 nitrogen and oxygen atoms in total. The fourth-order valence-corrected chi connectivity index (χ4v) is 7.33. The number of unbranched alkanes of at least 4 members (excludes halogenated alkanes) is 25. The molecule has 1 unspecified atom stereocenters. The van der Waals surface area contributed by atoms with Crippen LogP contribution in [0.5, 0.6) is 0 Å². The van der Waals surface area contributed by atoms with Crippen LogP contribution in [0.4, 0.5) is 0 Å². The second-order valence-corrected chi connectivity index (χ2v) is 17.4. The Labute approximate surface area is 385 Å². The molecule has 5 heteroatoms. The third-order valence-corrected chi connectivity index (χ3v) is 11.2. The van der Waals surface area contributed by atoms with E-state index in [1.165, 1.54) is 154 Å². The van der Waals surface area contributed by atoms with Crippen molar-refractivity contribution in [3.63, 3.8) is 0 Å². The van der Waals surface area contributed by atoms with Crippen molar-refractivity contribution in [3.8, 4) is 0 Å². The normalized spacial score (nSPS) is 12.8. The molecule has 0 aromatic carbocycles. The van der Waals surface area contributed by atoms with Gasteiger partial charge in [0.05, 0.1) is 6.61 Å². The summed E-state index contributed by atoms with van der Waals surface area (Å²) >= 11 is 0. The van der Waals surface area contributed by atoms with Crippen LogP contribution in [-0.4, -0.2) is 37.9 Å². The second kappa shape index (κ2) is 52.7. The van der Waals surface area contributed by atoms with Gasteiger partial charge in [-0.05, 0) is 70.6 Å². The number of rotatable bonds is 48. The van der Waals surface area contributed by atoms with Crippen LogP contribution in [0.2, 0.25) is 0 Å². The first-order valence-electron chi connectivity index (χ1n) is 26.5. The topological polar surface area (TPSA) is 61.8 Å². The Morgan fingerprint density at radius 3 is 1.29 bits per heavy atom. The van der Waals surface area contributed by atoms with Crippen LogP contribution >= 0.6 is 0 Å². The predicted octanol–water partition coefficient (Wildman–Crippen LogP) is 17.9. The number of hydrogen-bond donors (Lipinski definition) is 0. The van der Waals surface area contributed by atoms with E-state index in [2.05, 4.69) is 87.6 Å². The largest absolute Gasteiger partial charge is 0.462 e. The van der Waals surface area contributed by atoms with Gasteiger partial charge in [0, 0.05) is 19.4 Å². The van der Waals surface area contributed by atoms with E-state index < -0.39 is 6.10 Å². The van der Waals surface area contributed by atoms with Gasteiger partial charge >= 0.3 is 11.9 Å². The van der Waals surface area contributed by atoms with Gasteiger partial charge in [0.15, 0.2) is 6.10 Å². The molecular weight excluding hydrogens is 765 g/mol. The summed E-state index contributed by atoms with van der Waals surface area (Å²) in [4.78, 5) is 25.4. The van der Waals surface area contributed by atoms with Gasteiger partial charge in [-0.1, -0.05) is 241 Å². The van der Waals surface area contributed by atoms with E-state index in [0.29, 0.717) is 25.9 Å². The van der Waals surface area contributed by atoms with Crippen LogP contribution in [-0.2, 0) is 23.8 Å². The van der Waals surface area contributed by atoms with E-state index in [1.807, 2.05) is 6.08 Å². The fraction of sp³-hybridized carbons (Fsp3) is 0.754. The first-order valence-corrected chi connectivity index (χ1v) is 26.5. The van der Waals surface area contributed by atoms with E-state index in [1.54, 1.807) is 0 Å². The summed E-state index contributed by atoms with van der Waals surface area (Å²) < 4.78 is 17.3. The lowest BCUT2D eigenvalue weighted by atomic mass is 10.0. The molecule has 1 atom stereocenters. The first kappa shape index (κ1) is 59.3. The third-order valence-electron chi connectivity index (χ3n) is 11.2. The first-order chi connectivity index (χ1) is 30.6. The average molecular weight is 865 g/mol. The minimum atomic E-state index is -0.579. The predicted molar refractivity (Wildman–Crippen MR) is 270 cm³/mol. The molecule has 0 amide bonds. The zero-order valence-corrected chi connectivity index (χ0v) is 41.1. The molecule has 0 spiro atoms. The maximum atomic E-state index is 12.7. The van der Waals surface area contributed by atoms with Gasteiger partial charge < -0.3 is 14.2 Å². The van der Waals surface area contributed by atoms with E-state index >= 15 is 0 Å². The van der Waals surface area contributed by atoms with Crippen LogP contribution in [0.15, 0.2) is 72.9 Å². The van der Waals surface area contributed by atoms with Crippen molar-refractivity contribution in [2.24, 2.45) is 0 Å². The summed E-state index contributed by atoms with van der Waals surface area (Å²) in [5.74, 6) is -0.490. The number of esters is 2. The van der Waals surface area contributed by atoms with Gasteiger partial charge in [0.1, 0.15) is 6.61 Å². The SMILES string of the molecule is CC/C=C\C/C=C\C/C=C\C/C=C\CCC(=O)OC(COCCCCCCCC/C=C\C/C=C\CCC)COC(=O)CCCCCCCCCCCCCCCCCCCCC. The van der Waals surface area contributed by atoms with Crippen molar-refractivity contribution in [3.05, 3.63) is 72.9 Å². The van der Waals surface area contributed by atoms with Gasteiger partial charge in [-0.2, -0.15) is 0 Å². The van der Waals surface area contributed by atoms with Gasteiger partial charge in [0.25, 0.3) is 0 Å². The maximum absolute atomic E-state index is 12.7. The van der Waals surface area contributed by atoms with Crippen molar-refractivity contribution in [2.45, 2.75) is 258 Å². The minimum absolute atomic E-state index is 0.0527. The molecule has 0 radical (unpaired) electrons. The quantitative estimate of drug-likeness (QED) is 0.0346. The highest BCUT2D eigenvalue weighted by atomic mass is 16.6. The molecule has 0 aliphatic rings. The molecule has 0 heterocycles. The lowest BCUT2D eigenvalue weighted by Crippen LogP contribution is -2.30. The molecule has 0 aromatic rings. The summed E-state index contributed by atoms with van der Waals surface area (Å²) in [6.07, 6.45) is 67.9. The molecule has 358 valence electrons. The number of carbonyl (C=O) groups is 2. The third kappa shape index (κ3) is 50.0. The highest BCUT2D eigenvalue weighted by molar-refractivity contribution is 5.70. The highest BCUT2D eigenvalue weighted by Crippen LogP contribution is 2.16. The van der Waals surface area contributed by atoms with Gasteiger partial charge in [-0.3, -0.25) is 9.59 Å². The number of ether oxygens (including phenoxy) is 3. The van der Waals surface area contributed by atoms with Crippen LogP contribution in [0, 0.1) is 0 Å². The highest BCUT2D eigenvalue weighted by Gasteiger charge is 2.17. The number of carbonyl (C=O) groups excluding carboxylic acids is 2. The molecule has 0 N–H and O–H groups in total. The summed E-state index contributed by atoms with van der Waals surface area (Å²) in [5, 5.41) is 0. The summed E-state index contributed by atoms with van der Waals surface area (Å²) in [6.45, 7) is 7.57. The van der Waals surface area contributed by atoms with Gasteiger partial charge in [-0.15, -0.1) is 0 Å². The van der Waals surface area contributed by atoms with Crippen molar-refractivity contribution >= 4 is 11.9 Å². The molecule has 0 aliphatic heterocycles. The molecule has 0 bridgehead atoms. The summed E-state index contributed by atoms with van der Waals surface area (Å²) in [5.41, 5.74) is 0. The Kier molecular flexibility index (Phi) is 50.4. The summed E-state index contributed by atoms with van der Waals surface area (Å²) in [7, 11) is 0. The molecule has 0 saturated heterocycles. The monoisotopic (exact) mass is 865 g/mol. The average Bonchev–Trinajstić information content (AvgIpc) is 3.27. The van der Waals surface area contributed by atoms with Crippen molar-refractivity contribution in [1.82, 2.24) is 0 Å². The fourth-order valence-electron chi connectivity index (χ4n) is 7.33. The van der Waals surface area contributed by atoms with Crippen molar-refractivity contribution < 1.29 is 23.8 Å². The zero-order valence-electron chi connectivity index (χ0n) is 41.1. The van der Waals surface area contributed by atoms with E-state index in [0.717, 1.165) is 57.8 Å². The van der Waals surface area contributed by atoms with Crippen molar-refractivity contribution in [2.75, 3.05) is 19.8 Å². The van der Waals surface area contributed by atoms with E-state index in [4.69, 9.17) is 14.2 Å². The lowest BCUT2D eigenvalue weighted by molar-refractivity contribution is -0.162. The molecule has 0 rings (SSSR count). The molecule has 62 heavy (non-hydrogen) atoms. The molecule has 0 aromatic heterocycles. The van der Waals surface area contributed by atoms with Crippen LogP contribution in [0.1, 0.15) is 252 Å². The van der Waals surface area contributed by atoms with Crippen LogP contribution < -0.4 is 0 Å². The number of hydrogen-bond acceptors (Lipinski definition) is 5. The molecule has 0 saturated carbocycles. The Hall–Kier alpha value is -2.66. The molecule has 0 fully saturated rings. The number of allylic oxidation sites excluding steroid dienone is 12. The van der Waals surface area contributed by atoms with Crippen LogP contribution in [0.25, 0.3) is 0 Å². The van der Waals surface area contributed by atoms with Gasteiger partial charge in [-0.25, -0.2) is 0 Å². The van der Waals surface area contributed by atoms with Crippen molar-refractivity contribution in [1.29, 1.82) is 0 Å². The molecule has 0 aliphatic carbocycles. The standard InChI is InChI=1S/C57H100O5/c1-4-7-10-13-16-19-22-25-27-28-29-30-31-33-35-38-41-44-47-50-56(58)61-54-55(53-60-52-49-46-43-40-37-34-26-23-20-17-14-11-8-5-2)62-57(59)51-48-45-42-39-36-32-24-21-18-15-12-9-6-3/h9,11-12,14,18,20-21,23,32,36,42,45,55H,4-8,10,13,15-17,19,22,24-31,33-35,37-41,43-44,46-54H2,1-3H3/b12-9-,14-11-,21-18-,23-20-,36-32-,45-42-. The Morgan fingerprint density at radius 2 is 0.790 bits per heavy atom. The van der Waals surface area contributed by atoms with Gasteiger partial charge in [0.2, 0.25) is 0 Å². The smallest absolute Gasteiger partial charge is 0.306 e. The summed E-state index contributed by atoms with van der Waals surface area (Å²) in [6, 6.07) is 0. The Balaban J connectivity index is 4.29. The zero-order chi connectivity index (χ0) is 44.9. The molecular formula is C57H100O5. The van der Waals surface area contributed by atoms with E-state index in [9.17, 15) is 9.59 Å². The van der Waals surface area contributed by atoms with E-state index in [-0.39, 0.29) is 25.2 Å². The maximum Gasteiger partial charge on any atom is 0.306 e. The second-order valence-electron chi connectivity index (χ2n) is 17.4. The minimum Gasteiger partial charge on any atom is -0.462 e. The van der Waals surface area contributed by atoms with Crippen LogP contribution in [0.3, 0.4) is 0 Å². The Bertz CT molecular complexity index is 1110. The lowest BCUT2D eigenvalue weighted by Gasteiger charge is -2.18.